The lowest BCUT2D eigenvalue weighted by Gasteiger charge is -2.08. The summed E-state index contributed by atoms with van der Waals surface area (Å²) >= 11 is 6.01. The van der Waals surface area contributed by atoms with Crippen LogP contribution in [0.3, 0.4) is 0 Å². The van der Waals surface area contributed by atoms with Gasteiger partial charge in [-0.15, -0.1) is 0 Å². The van der Waals surface area contributed by atoms with Crippen LogP contribution >= 0.6 is 11.6 Å². The molecule has 0 radical (unpaired) electrons. The second kappa shape index (κ2) is 5.58. The van der Waals surface area contributed by atoms with Gasteiger partial charge in [-0.3, -0.25) is 15.5 Å². The highest BCUT2D eigenvalue weighted by atomic mass is 35.5. The van der Waals surface area contributed by atoms with Crippen LogP contribution in [-0.4, -0.2) is 10.8 Å². The monoisotopic (exact) mass is 291 g/mol. The molecule has 0 heterocycles. The second-order valence-corrected chi connectivity index (χ2v) is 4.32. The molecule has 0 aromatic heterocycles. The molecule has 0 bridgehead atoms. The number of rotatable bonds is 4. The Morgan fingerprint density at radius 1 is 1.30 bits per heavy atom. The van der Waals surface area contributed by atoms with E-state index in [1.165, 1.54) is 24.3 Å². The van der Waals surface area contributed by atoms with E-state index in [0.717, 1.165) is 0 Å². The Kier molecular flexibility index (Phi) is 3.86. The van der Waals surface area contributed by atoms with Gasteiger partial charge in [-0.1, -0.05) is 17.7 Å². The molecule has 0 aliphatic carbocycles. The fraction of sp³-hybridized carbons (Fsp3) is 0. The van der Waals surface area contributed by atoms with Crippen LogP contribution in [0.15, 0.2) is 42.5 Å². The van der Waals surface area contributed by atoms with Gasteiger partial charge >= 0.3 is 0 Å². The number of nitro benzene ring substituents is 1. The third-order valence-electron chi connectivity index (χ3n) is 2.50. The van der Waals surface area contributed by atoms with Crippen molar-refractivity contribution in [2.45, 2.75) is 0 Å². The Morgan fingerprint density at radius 3 is 2.65 bits per heavy atom. The van der Waals surface area contributed by atoms with E-state index < -0.39 is 4.92 Å². The van der Waals surface area contributed by atoms with Crippen LogP contribution in [0.5, 0.6) is 11.5 Å². The number of amidine groups is 1. The molecule has 2 aromatic rings. The molecule has 0 unspecified atom stereocenters. The third kappa shape index (κ3) is 3.04. The summed E-state index contributed by atoms with van der Waals surface area (Å²) in [5.41, 5.74) is 5.75. The summed E-state index contributed by atoms with van der Waals surface area (Å²) in [6.45, 7) is 0. The third-order valence-corrected chi connectivity index (χ3v) is 2.79. The minimum Gasteiger partial charge on any atom is -0.456 e. The minimum atomic E-state index is -0.507. The largest absolute Gasteiger partial charge is 0.456 e. The molecule has 0 aliphatic rings. The van der Waals surface area contributed by atoms with Gasteiger partial charge in [0, 0.05) is 11.6 Å². The smallest absolute Gasteiger partial charge is 0.273 e. The fourth-order valence-corrected chi connectivity index (χ4v) is 1.76. The number of nitrogens with one attached hydrogen (secondary N) is 1. The van der Waals surface area contributed by atoms with Gasteiger partial charge in [0.05, 0.1) is 16.0 Å². The van der Waals surface area contributed by atoms with Crippen LogP contribution in [-0.2, 0) is 0 Å². The lowest BCUT2D eigenvalue weighted by molar-refractivity contribution is -0.384. The summed E-state index contributed by atoms with van der Waals surface area (Å²) in [4.78, 5) is 10.2. The van der Waals surface area contributed by atoms with Crippen LogP contribution in [0.25, 0.3) is 0 Å². The van der Waals surface area contributed by atoms with Crippen molar-refractivity contribution in [3.05, 3.63) is 63.2 Å². The zero-order chi connectivity index (χ0) is 14.7. The molecule has 0 amide bonds. The van der Waals surface area contributed by atoms with Crippen molar-refractivity contribution in [3.8, 4) is 11.5 Å². The summed E-state index contributed by atoms with van der Waals surface area (Å²) < 4.78 is 5.49. The number of hydrogen-bond acceptors (Lipinski definition) is 4. The van der Waals surface area contributed by atoms with E-state index in [1.54, 1.807) is 18.2 Å². The van der Waals surface area contributed by atoms with Crippen molar-refractivity contribution in [1.82, 2.24) is 0 Å². The molecule has 0 aliphatic heterocycles. The molecule has 3 N–H and O–H groups in total. The lowest BCUT2D eigenvalue weighted by Crippen LogP contribution is -2.10. The molecule has 0 saturated carbocycles. The van der Waals surface area contributed by atoms with Gasteiger partial charge in [0.1, 0.15) is 17.3 Å². The zero-order valence-electron chi connectivity index (χ0n) is 10.2. The van der Waals surface area contributed by atoms with Crippen molar-refractivity contribution < 1.29 is 9.66 Å². The summed E-state index contributed by atoms with van der Waals surface area (Å²) in [5, 5.41) is 18.2. The van der Waals surface area contributed by atoms with Crippen LogP contribution in [0.4, 0.5) is 5.69 Å². The lowest BCUT2D eigenvalue weighted by atomic mass is 10.2. The molecular weight excluding hydrogens is 282 g/mol. The van der Waals surface area contributed by atoms with Crippen molar-refractivity contribution in [1.29, 1.82) is 5.41 Å². The molecule has 7 heteroatoms. The number of non-ortho nitro benzene ring substituents is 1. The predicted molar refractivity (Wildman–Crippen MR) is 75.6 cm³/mol. The number of benzene rings is 2. The summed E-state index contributed by atoms with van der Waals surface area (Å²) in [7, 11) is 0. The molecule has 6 nitrogen and oxygen atoms in total. The molecule has 0 saturated heterocycles. The van der Waals surface area contributed by atoms with Crippen molar-refractivity contribution >= 4 is 23.1 Å². The fourth-order valence-electron chi connectivity index (χ4n) is 1.54. The van der Waals surface area contributed by atoms with E-state index in [2.05, 4.69) is 0 Å². The number of nitrogens with zero attached hydrogens (tertiary/aromatic N) is 1. The highest BCUT2D eigenvalue weighted by Crippen LogP contribution is 2.31. The Balaban J connectivity index is 2.28. The van der Waals surface area contributed by atoms with E-state index in [-0.39, 0.29) is 16.5 Å². The summed E-state index contributed by atoms with van der Waals surface area (Å²) in [6, 6.07) is 10.4. The highest BCUT2D eigenvalue weighted by Gasteiger charge is 2.09. The zero-order valence-corrected chi connectivity index (χ0v) is 10.9. The van der Waals surface area contributed by atoms with E-state index in [9.17, 15) is 10.1 Å². The molecule has 0 atom stereocenters. The van der Waals surface area contributed by atoms with E-state index in [4.69, 9.17) is 27.5 Å². The minimum absolute atomic E-state index is 0.0704. The average molecular weight is 292 g/mol. The first-order chi connectivity index (χ1) is 9.47. The molecule has 0 fully saturated rings. The van der Waals surface area contributed by atoms with Crippen LogP contribution < -0.4 is 10.5 Å². The SMILES string of the molecule is N=C(N)c1ccc(Oc2cccc([N+](=O)[O-])c2)c(Cl)c1. The topological polar surface area (TPSA) is 102 Å². The predicted octanol–water partition coefficient (Wildman–Crippen LogP) is 3.32. The van der Waals surface area contributed by atoms with Crippen molar-refractivity contribution in [3.63, 3.8) is 0 Å². The van der Waals surface area contributed by atoms with Crippen LogP contribution in [0, 0.1) is 15.5 Å². The number of nitrogen functional groups attached to an aromatic ring is 1. The van der Waals surface area contributed by atoms with Gasteiger partial charge in [-0.05, 0) is 24.3 Å². The van der Waals surface area contributed by atoms with E-state index >= 15 is 0 Å². The van der Waals surface area contributed by atoms with Gasteiger partial charge in [0.2, 0.25) is 0 Å². The van der Waals surface area contributed by atoms with Gasteiger partial charge in [0.15, 0.2) is 0 Å². The van der Waals surface area contributed by atoms with E-state index in [0.29, 0.717) is 17.1 Å². The molecule has 0 spiro atoms. The Hall–Kier alpha value is -2.60. The van der Waals surface area contributed by atoms with Crippen molar-refractivity contribution in [2.75, 3.05) is 0 Å². The molecule has 2 aromatic carbocycles. The van der Waals surface area contributed by atoms with Gasteiger partial charge in [-0.25, -0.2) is 0 Å². The average Bonchev–Trinajstić information content (AvgIpc) is 2.41. The molecule has 20 heavy (non-hydrogen) atoms. The quantitative estimate of drug-likeness (QED) is 0.390. The molecule has 102 valence electrons. The second-order valence-electron chi connectivity index (χ2n) is 3.92. The van der Waals surface area contributed by atoms with Crippen LogP contribution in [0.2, 0.25) is 5.02 Å². The molecular formula is C13H10ClN3O3. The normalized spacial score (nSPS) is 10.1. The number of ether oxygens (including phenoxy) is 1. The van der Waals surface area contributed by atoms with Gasteiger partial charge in [0.25, 0.3) is 5.69 Å². The van der Waals surface area contributed by atoms with Gasteiger partial charge in [-0.2, -0.15) is 0 Å². The Labute approximate surface area is 119 Å². The maximum Gasteiger partial charge on any atom is 0.273 e. The first kappa shape index (κ1) is 13.8. The van der Waals surface area contributed by atoms with E-state index in [1.807, 2.05) is 0 Å². The standard InChI is InChI=1S/C13H10ClN3O3/c14-11-6-8(13(15)16)4-5-12(11)20-10-3-1-2-9(7-10)17(18)19/h1-7H,(H3,15,16). The van der Waals surface area contributed by atoms with Crippen LogP contribution in [0.1, 0.15) is 5.56 Å². The number of halogens is 1. The maximum atomic E-state index is 10.7. The highest BCUT2D eigenvalue weighted by molar-refractivity contribution is 6.32. The molecule has 2 rings (SSSR count). The first-order valence-corrected chi connectivity index (χ1v) is 5.91. The van der Waals surface area contributed by atoms with Crippen molar-refractivity contribution in [2.24, 2.45) is 5.73 Å². The first-order valence-electron chi connectivity index (χ1n) is 5.53. The summed E-state index contributed by atoms with van der Waals surface area (Å²) in [5.74, 6) is 0.530. The maximum absolute atomic E-state index is 10.7. The summed E-state index contributed by atoms with van der Waals surface area (Å²) in [6.07, 6.45) is 0. The Bertz CT molecular complexity index is 688. The number of nitro groups is 1. The Morgan fingerprint density at radius 2 is 2.05 bits per heavy atom. The van der Waals surface area contributed by atoms with Gasteiger partial charge < -0.3 is 10.5 Å². The number of nitrogens with two attached hydrogens (primary N) is 1. The number of hydrogen-bond donors (Lipinski definition) is 2.